The third-order valence-electron chi connectivity index (χ3n) is 6.61. The summed E-state index contributed by atoms with van der Waals surface area (Å²) in [6.45, 7) is 0. The number of hydrogen-bond donors (Lipinski definition) is 3. The molecule has 28 heavy (non-hydrogen) atoms. The smallest absolute Gasteiger partial charge is 0.322 e. The van der Waals surface area contributed by atoms with Crippen LogP contribution in [0.1, 0.15) is 50.1 Å². The predicted molar refractivity (Wildman–Crippen MR) is 107 cm³/mol. The molecule has 7 heteroatoms. The van der Waals surface area contributed by atoms with E-state index in [2.05, 4.69) is 45.6 Å². The number of imide groups is 1. The van der Waals surface area contributed by atoms with E-state index in [1.165, 1.54) is 28.5 Å². The van der Waals surface area contributed by atoms with Crippen LogP contribution in [0.15, 0.2) is 29.6 Å². The average Bonchev–Trinajstić information content (AvgIpc) is 3.37. The average molecular weight is 398 g/mol. The van der Waals surface area contributed by atoms with Crippen molar-refractivity contribution < 1.29 is 14.4 Å². The number of fused-ring (bicyclic) bond motifs is 1. The highest BCUT2D eigenvalue weighted by molar-refractivity contribution is 7.17. The Morgan fingerprint density at radius 1 is 1.18 bits per heavy atom. The molecule has 146 valence electrons. The van der Waals surface area contributed by atoms with Crippen LogP contribution < -0.4 is 16.0 Å². The molecule has 2 heterocycles. The maximum atomic E-state index is 13.0. The van der Waals surface area contributed by atoms with Crippen LogP contribution >= 0.6 is 11.3 Å². The van der Waals surface area contributed by atoms with Gasteiger partial charge in [-0.15, -0.1) is 11.3 Å². The van der Waals surface area contributed by atoms with Crippen LogP contribution in [-0.4, -0.2) is 23.4 Å². The van der Waals surface area contributed by atoms with E-state index in [1.54, 1.807) is 11.3 Å². The first-order valence-corrected chi connectivity index (χ1v) is 10.8. The summed E-state index contributed by atoms with van der Waals surface area (Å²) < 4.78 is 1.24. The van der Waals surface area contributed by atoms with E-state index < -0.39 is 11.6 Å². The first kappa shape index (κ1) is 17.7. The number of amides is 4. The Labute approximate surface area is 167 Å². The molecule has 1 spiro atoms. The Balaban J connectivity index is 1.36. The first-order valence-electron chi connectivity index (χ1n) is 9.96. The van der Waals surface area contributed by atoms with Gasteiger partial charge in [0.05, 0.1) is 6.04 Å². The van der Waals surface area contributed by atoms with Crippen molar-refractivity contribution in [3.8, 4) is 0 Å². The molecule has 3 N–H and O–H groups in total. The summed E-state index contributed by atoms with van der Waals surface area (Å²) in [6.07, 6.45) is 5.40. The van der Waals surface area contributed by atoms with Crippen molar-refractivity contribution in [2.75, 3.05) is 0 Å². The van der Waals surface area contributed by atoms with Crippen molar-refractivity contribution in [1.29, 1.82) is 0 Å². The molecule has 1 atom stereocenters. The molecule has 1 aromatic heterocycles. The van der Waals surface area contributed by atoms with E-state index in [9.17, 15) is 14.4 Å². The third-order valence-corrected chi connectivity index (χ3v) is 7.49. The maximum Gasteiger partial charge on any atom is 0.322 e. The molecule has 2 aromatic rings. The molecular formula is C21H23N3O3S. The molecule has 1 saturated heterocycles. The van der Waals surface area contributed by atoms with Crippen LogP contribution in [-0.2, 0) is 9.59 Å². The summed E-state index contributed by atoms with van der Waals surface area (Å²) in [7, 11) is 0. The number of hydrogen-bond acceptors (Lipinski definition) is 4. The molecule has 3 aliphatic rings. The number of urea groups is 1. The molecule has 5 rings (SSSR count). The second-order valence-electron chi connectivity index (χ2n) is 8.31. The van der Waals surface area contributed by atoms with Crippen molar-refractivity contribution in [3.63, 3.8) is 0 Å². The van der Waals surface area contributed by atoms with Gasteiger partial charge in [0, 0.05) is 10.6 Å². The van der Waals surface area contributed by atoms with E-state index in [-0.39, 0.29) is 23.8 Å². The fraction of sp³-hybridized carbons (Fsp3) is 0.476. The van der Waals surface area contributed by atoms with Gasteiger partial charge in [0.25, 0.3) is 5.91 Å². The second-order valence-corrected chi connectivity index (χ2v) is 9.25. The van der Waals surface area contributed by atoms with E-state index in [4.69, 9.17) is 0 Å². The van der Waals surface area contributed by atoms with Crippen LogP contribution in [0.4, 0.5) is 4.79 Å². The van der Waals surface area contributed by atoms with Crippen LogP contribution in [0.2, 0.25) is 0 Å². The summed E-state index contributed by atoms with van der Waals surface area (Å²) in [4.78, 5) is 36.4. The zero-order valence-corrected chi connectivity index (χ0v) is 16.3. The summed E-state index contributed by atoms with van der Waals surface area (Å²) in [5, 5.41) is 11.6. The van der Waals surface area contributed by atoms with Gasteiger partial charge in [-0.05, 0) is 60.1 Å². The second kappa shape index (κ2) is 6.58. The number of rotatable bonds is 4. The Morgan fingerprint density at radius 2 is 1.96 bits per heavy atom. The van der Waals surface area contributed by atoms with Gasteiger partial charge in [0.15, 0.2) is 0 Å². The molecule has 1 aromatic carbocycles. The maximum absolute atomic E-state index is 13.0. The minimum Gasteiger partial charge on any atom is -0.349 e. The highest BCUT2D eigenvalue weighted by atomic mass is 32.1. The number of benzene rings is 1. The molecule has 1 aliphatic heterocycles. The van der Waals surface area contributed by atoms with Crippen molar-refractivity contribution in [2.45, 2.75) is 50.1 Å². The molecule has 3 fully saturated rings. The lowest BCUT2D eigenvalue weighted by atomic mass is 9.67. The van der Waals surface area contributed by atoms with E-state index >= 15 is 0 Å². The Morgan fingerprint density at radius 3 is 2.68 bits per heavy atom. The van der Waals surface area contributed by atoms with Crippen LogP contribution in [0.3, 0.4) is 0 Å². The summed E-state index contributed by atoms with van der Waals surface area (Å²) >= 11 is 1.72. The standard InChI is InChI=1S/C21H23N3O3S/c25-18(13-10-21(11-13)19(26)23-20(27)24-21)22-17(12-4-1-2-5-12)15-6-3-7-16-14(15)8-9-28-16/h3,6-9,12-13,17H,1-2,4-5,10-11H2,(H,22,25)(H2,23,24,26,27)/t13?,17-,21?/m1/s1. The SMILES string of the molecule is O=C1NC(=O)C2(CC(C(=O)N[C@@H](c3cccc4sccc34)C3CCCC3)C2)N1. The molecular weight excluding hydrogens is 374 g/mol. The van der Waals surface area contributed by atoms with E-state index in [1.807, 2.05) is 0 Å². The highest BCUT2D eigenvalue weighted by Gasteiger charge is 2.57. The molecule has 2 aliphatic carbocycles. The Bertz CT molecular complexity index is 957. The third kappa shape index (κ3) is 2.80. The molecule has 0 bridgehead atoms. The molecule has 0 radical (unpaired) electrons. The van der Waals surface area contributed by atoms with Gasteiger partial charge < -0.3 is 10.6 Å². The van der Waals surface area contributed by atoms with Gasteiger partial charge in [0.2, 0.25) is 5.91 Å². The van der Waals surface area contributed by atoms with Crippen molar-refractivity contribution in [1.82, 2.24) is 16.0 Å². The topological polar surface area (TPSA) is 87.3 Å². The largest absolute Gasteiger partial charge is 0.349 e. The van der Waals surface area contributed by atoms with Gasteiger partial charge in [-0.25, -0.2) is 4.79 Å². The van der Waals surface area contributed by atoms with Gasteiger partial charge in [-0.2, -0.15) is 0 Å². The Hall–Kier alpha value is -2.41. The van der Waals surface area contributed by atoms with Crippen molar-refractivity contribution in [2.24, 2.45) is 11.8 Å². The number of thiophene rings is 1. The summed E-state index contributed by atoms with van der Waals surface area (Å²) in [5.41, 5.74) is 0.315. The summed E-state index contributed by atoms with van der Waals surface area (Å²) in [6, 6.07) is 7.99. The van der Waals surface area contributed by atoms with Gasteiger partial charge >= 0.3 is 6.03 Å². The van der Waals surface area contributed by atoms with Gasteiger partial charge in [0.1, 0.15) is 5.54 Å². The first-order chi connectivity index (χ1) is 13.6. The molecule has 0 unspecified atom stereocenters. The van der Waals surface area contributed by atoms with Crippen LogP contribution in [0.5, 0.6) is 0 Å². The van der Waals surface area contributed by atoms with Gasteiger partial charge in [-0.3, -0.25) is 14.9 Å². The fourth-order valence-electron chi connectivity index (χ4n) is 5.08. The molecule has 6 nitrogen and oxygen atoms in total. The minimum absolute atomic E-state index is 0.00292. The normalized spacial score (nSPS) is 28.2. The van der Waals surface area contributed by atoms with E-state index in [0.717, 1.165) is 12.8 Å². The zero-order valence-electron chi connectivity index (χ0n) is 15.5. The minimum atomic E-state index is -0.880. The highest BCUT2D eigenvalue weighted by Crippen LogP contribution is 2.43. The lowest BCUT2D eigenvalue weighted by Crippen LogP contribution is -2.60. The number of nitrogens with one attached hydrogen (secondary N) is 3. The fourth-order valence-corrected chi connectivity index (χ4v) is 5.90. The number of carbonyl (C=O) groups excluding carboxylic acids is 3. The molecule has 2 saturated carbocycles. The zero-order chi connectivity index (χ0) is 19.3. The predicted octanol–water partition coefficient (Wildman–Crippen LogP) is 3.24. The lowest BCUT2D eigenvalue weighted by Gasteiger charge is -2.42. The monoisotopic (exact) mass is 397 g/mol. The van der Waals surface area contributed by atoms with Crippen molar-refractivity contribution >= 4 is 39.3 Å². The Kier molecular flexibility index (Phi) is 4.16. The lowest BCUT2D eigenvalue weighted by molar-refractivity contribution is -0.137. The summed E-state index contributed by atoms with van der Waals surface area (Å²) in [5.74, 6) is -0.117. The van der Waals surface area contributed by atoms with Crippen LogP contribution in [0.25, 0.3) is 10.1 Å². The number of carbonyl (C=O) groups is 3. The molecule has 4 amide bonds. The van der Waals surface area contributed by atoms with Gasteiger partial charge in [-0.1, -0.05) is 25.0 Å². The van der Waals surface area contributed by atoms with Crippen molar-refractivity contribution in [3.05, 3.63) is 35.2 Å². The van der Waals surface area contributed by atoms with E-state index in [0.29, 0.717) is 18.8 Å². The van der Waals surface area contributed by atoms with Crippen LogP contribution in [0, 0.1) is 11.8 Å². The quantitative estimate of drug-likeness (QED) is 0.692.